The third-order valence-electron chi connectivity index (χ3n) is 2.19. The summed E-state index contributed by atoms with van der Waals surface area (Å²) in [6, 6.07) is 3.72. The van der Waals surface area contributed by atoms with E-state index in [0.29, 0.717) is 5.69 Å². The first-order chi connectivity index (χ1) is 7.74. The summed E-state index contributed by atoms with van der Waals surface area (Å²) in [5, 5.41) is 6.09. The Labute approximate surface area is 106 Å². The SMILES string of the molecule is CCCn1ncc(Br)c1C(=O)c1cccs1. The largest absolute Gasteiger partial charge is 0.286 e. The molecule has 0 fully saturated rings. The molecule has 0 N–H and O–H groups in total. The molecule has 5 heteroatoms. The average molecular weight is 299 g/mol. The first-order valence-electron chi connectivity index (χ1n) is 5.03. The molecule has 0 aromatic carbocycles. The first kappa shape index (κ1) is 11.5. The molecule has 2 aromatic heterocycles. The second kappa shape index (κ2) is 4.93. The fraction of sp³-hybridized carbons (Fsp3) is 0.273. The van der Waals surface area contributed by atoms with Crippen LogP contribution in [0.25, 0.3) is 0 Å². The Balaban J connectivity index is 2.39. The van der Waals surface area contributed by atoms with Gasteiger partial charge in [0.05, 0.1) is 15.5 Å². The number of halogens is 1. The summed E-state index contributed by atoms with van der Waals surface area (Å²) >= 11 is 4.83. The second-order valence-corrected chi connectivity index (χ2v) is 5.17. The van der Waals surface area contributed by atoms with Crippen LogP contribution in [0.4, 0.5) is 0 Å². The Morgan fingerprint density at radius 3 is 3.06 bits per heavy atom. The average Bonchev–Trinajstić information content (AvgIpc) is 2.88. The van der Waals surface area contributed by atoms with E-state index in [-0.39, 0.29) is 5.78 Å². The standard InChI is InChI=1S/C11H11BrN2OS/c1-2-5-14-10(8(12)7-13-14)11(15)9-4-3-6-16-9/h3-4,6-7H,2,5H2,1H3. The van der Waals surface area contributed by atoms with Crippen LogP contribution in [-0.2, 0) is 6.54 Å². The number of carbonyl (C=O) groups excluding carboxylic acids is 1. The highest BCUT2D eigenvalue weighted by Gasteiger charge is 2.18. The highest BCUT2D eigenvalue weighted by molar-refractivity contribution is 9.10. The number of rotatable bonds is 4. The van der Waals surface area contributed by atoms with E-state index in [1.165, 1.54) is 11.3 Å². The molecule has 0 aliphatic heterocycles. The van der Waals surface area contributed by atoms with Crippen LogP contribution in [0.2, 0.25) is 0 Å². The molecule has 0 bridgehead atoms. The molecule has 2 heterocycles. The molecule has 84 valence electrons. The van der Waals surface area contributed by atoms with Gasteiger partial charge in [-0.1, -0.05) is 13.0 Å². The molecule has 0 radical (unpaired) electrons. The Morgan fingerprint density at radius 1 is 1.62 bits per heavy atom. The molecule has 2 rings (SSSR count). The van der Waals surface area contributed by atoms with Gasteiger partial charge in [0.2, 0.25) is 5.78 Å². The summed E-state index contributed by atoms with van der Waals surface area (Å²) in [4.78, 5) is 13.0. The van der Waals surface area contributed by atoms with Crippen LogP contribution >= 0.6 is 27.3 Å². The summed E-state index contributed by atoms with van der Waals surface area (Å²) in [5.41, 5.74) is 0.643. The molecule has 16 heavy (non-hydrogen) atoms. The maximum Gasteiger partial charge on any atom is 0.222 e. The normalized spacial score (nSPS) is 10.6. The maximum absolute atomic E-state index is 12.2. The van der Waals surface area contributed by atoms with Gasteiger partial charge in [-0.05, 0) is 33.8 Å². The second-order valence-electron chi connectivity index (χ2n) is 3.37. The predicted octanol–water partition coefficient (Wildman–Crippen LogP) is 3.35. The third-order valence-corrected chi connectivity index (χ3v) is 3.64. The lowest BCUT2D eigenvalue weighted by molar-refractivity contribution is 0.103. The quantitative estimate of drug-likeness (QED) is 0.812. The number of ketones is 1. The van der Waals surface area contributed by atoms with E-state index in [0.717, 1.165) is 22.3 Å². The topological polar surface area (TPSA) is 34.9 Å². The lowest BCUT2D eigenvalue weighted by Crippen LogP contribution is -2.11. The summed E-state index contributed by atoms with van der Waals surface area (Å²) in [7, 11) is 0. The van der Waals surface area contributed by atoms with E-state index in [4.69, 9.17) is 0 Å². The monoisotopic (exact) mass is 298 g/mol. The molecule has 0 spiro atoms. The number of aromatic nitrogens is 2. The van der Waals surface area contributed by atoms with Crippen molar-refractivity contribution in [3.05, 3.63) is 38.8 Å². The molecule has 0 atom stereocenters. The van der Waals surface area contributed by atoms with E-state index >= 15 is 0 Å². The molecule has 0 saturated heterocycles. The highest BCUT2D eigenvalue weighted by atomic mass is 79.9. The summed E-state index contributed by atoms with van der Waals surface area (Å²) in [6.07, 6.45) is 2.63. The first-order valence-corrected chi connectivity index (χ1v) is 6.70. The molecular formula is C11H11BrN2OS. The van der Waals surface area contributed by atoms with Crippen LogP contribution in [0.3, 0.4) is 0 Å². The zero-order valence-corrected chi connectivity index (χ0v) is 11.2. The molecular weight excluding hydrogens is 288 g/mol. The lowest BCUT2D eigenvalue weighted by Gasteiger charge is -2.04. The predicted molar refractivity (Wildman–Crippen MR) is 68.0 cm³/mol. The van der Waals surface area contributed by atoms with Crippen molar-refractivity contribution in [2.45, 2.75) is 19.9 Å². The Hall–Kier alpha value is -0.940. The van der Waals surface area contributed by atoms with Gasteiger partial charge < -0.3 is 0 Å². The van der Waals surface area contributed by atoms with Crippen molar-refractivity contribution < 1.29 is 4.79 Å². The van der Waals surface area contributed by atoms with Gasteiger partial charge in [0.1, 0.15) is 5.69 Å². The van der Waals surface area contributed by atoms with Gasteiger partial charge in [0, 0.05) is 6.54 Å². The van der Waals surface area contributed by atoms with Gasteiger partial charge in [0.25, 0.3) is 0 Å². The Kier molecular flexibility index (Phi) is 3.56. The minimum atomic E-state index is 0.0350. The number of thiophene rings is 1. The fourth-order valence-corrected chi connectivity index (χ4v) is 2.63. The van der Waals surface area contributed by atoms with E-state index in [9.17, 15) is 4.79 Å². The Bertz CT molecular complexity index is 490. The van der Waals surface area contributed by atoms with Crippen LogP contribution in [0.5, 0.6) is 0 Å². The van der Waals surface area contributed by atoms with Gasteiger partial charge in [-0.2, -0.15) is 5.10 Å². The molecule has 0 aliphatic carbocycles. The van der Waals surface area contributed by atoms with Crippen molar-refractivity contribution in [2.24, 2.45) is 0 Å². The van der Waals surface area contributed by atoms with Crippen LogP contribution < -0.4 is 0 Å². The van der Waals surface area contributed by atoms with Crippen LogP contribution in [0, 0.1) is 0 Å². The minimum absolute atomic E-state index is 0.0350. The molecule has 3 nitrogen and oxygen atoms in total. The van der Waals surface area contributed by atoms with Gasteiger partial charge in [-0.15, -0.1) is 11.3 Å². The molecule has 2 aromatic rings. The van der Waals surface area contributed by atoms with Crippen molar-refractivity contribution in [1.82, 2.24) is 9.78 Å². The van der Waals surface area contributed by atoms with Crippen molar-refractivity contribution in [2.75, 3.05) is 0 Å². The fourth-order valence-electron chi connectivity index (χ4n) is 1.49. The van der Waals surface area contributed by atoms with E-state index in [2.05, 4.69) is 28.0 Å². The summed E-state index contributed by atoms with van der Waals surface area (Å²) in [5.74, 6) is 0.0350. The van der Waals surface area contributed by atoms with Crippen LogP contribution in [0.1, 0.15) is 28.7 Å². The summed E-state index contributed by atoms with van der Waals surface area (Å²) < 4.78 is 2.52. The molecule has 0 unspecified atom stereocenters. The van der Waals surface area contributed by atoms with Crippen LogP contribution in [-0.4, -0.2) is 15.6 Å². The zero-order valence-electron chi connectivity index (χ0n) is 8.81. The molecule has 0 saturated carbocycles. The van der Waals surface area contributed by atoms with E-state index < -0.39 is 0 Å². The van der Waals surface area contributed by atoms with Gasteiger partial charge in [-0.3, -0.25) is 9.48 Å². The van der Waals surface area contributed by atoms with Crippen molar-refractivity contribution in [3.8, 4) is 0 Å². The van der Waals surface area contributed by atoms with Crippen molar-refractivity contribution >= 4 is 33.0 Å². The number of hydrogen-bond acceptors (Lipinski definition) is 3. The van der Waals surface area contributed by atoms with Gasteiger partial charge >= 0.3 is 0 Å². The zero-order chi connectivity index (χ0) is 11.5. The Morgan fingerprint density at radius 2 is 2.44 bits per heavy atom. The maximum atomic E-state index is 12.2. The van der Waals surface area contributed by atoms with Crippen molar-refractivity contribution in [3.63, 3.8) is 0 Å². The minimum Gasteiger partial charge on any atom is -0.286 e. The van der Waals surface area contributed by atoms with E-state index in [1.54, 1.807) is 10.9 Å². The van der Waals surface area contributed by atoms with Crippen molar-refractivity contribution in [1.29, 1.82) is 0 Å². The van der Waals surface area contributed by atoms with Gasteiger partial charge in [0.15, 0.2) is 0 Å². The van der Waals surface area contributed by atoms with Crippen LogP contribution in [0.15, 0.2) is 28.2 Å². The number of aryl methyl sites for hydroxylation is 1. The summed E-state index contributed by atoms with van der Waals surface area (Å²) in [6.45, 7) is 2.83. The number of hydrogen-bond donors (Lipinski definition) is 0. The molecule has 0 aliphatic rings. The van der Waals surface area contributed by atoms with E-state index in [1.807, 2.05) is 17.5 Å². The number of carbonyl (C=O) groups is 1. The highest BCUT2D eigenvalue weighted by Crippen LogP contribution is 2.22. The van der Waals surface area contributed by atoms with Gasteiger partial charge in [-0.25, -0.2) is 0 Å². The molecule has 0 amide bonds. The smallest absolute Gasteiger partial charge is 0.222 e. The number of nitrogens with zero attached hydrogens (tertiary/aromatic N) is 2. The third kappa shape index (κ3) is 2.10. The lowest BCUT2D eigenvalue weighted by atomic mass is 10.2.